The van der Waals surface area contributed by atoms with Crippen molar-refractivity contribution in [3.8, 4) is 11.8 Å². The maximum atomic E-state index is 12.8. The number of benzene rings is 1. The van der Waals surface area contributed by atoms with E-state index >= 15 is 0 Å². The van der Waals surface area contributed by atoms with Crippen molar-refractivity contribution in [2.75, 3.05) is 0 Å². The van der Waals surface area contributed by atoms with E-state index in [1.165, 1.54) is 0 Å². The summed E-state index contributed by atoms with van der Waals surface area (Å²) in [6.45, 7) is 2.16. The molecule has 4 rings (SSSR count). The molecule has 3 heterocycles. The molecule has 2 N–H and O–H groups in total. The van der Waals surface area contributed by atoms with Crippen LogP contribution in [0, 0.1) is 18.8 Å². The molecule has 0 amide bonds. The Labute approximate surface area is 156 Å². The van der Waals surface area contributed by atoms with E-state index in [1.807, 2.05) is 25.1 Å². The van der Waals surface area contributed by atoms with E-state index in [1.54, 1.807) is 22.8 Å². The predicted octanol–water partition coefficient (Wildman–Crippen LogP) is 1.52. The molecule has 0 radical (unpaired) electrons. The third-order valence-electron chi connectivity index (χ3n) is 4.74. The largest absolute Gasteiger partial charge is 0.366 e. The molecule has 0 fully saturated rings. The minimum absolute atomic E-state index is 0.111. The second-order valence-electron chi connectivity index (χ2n) is 6.86. The van der Waals surface area contributed by atoms with E-state index < -0.39 is 5.79 Å². The Hall–Kier alpha value is -3.01. The van der Waals surface area contributed by atoms with Gasteiger partial charge in [-0.25, -0.2) is 9.97 Å². The number of nitrogens with zero attached hydrogens (tertiary/aromatic N) is 3. The molecular formula is C21H19N3O3. The lowest BCUT2D eigenvalue weighted by Crippen LogP contribution is -2.29. The van der Waals surface area contributed by atoms with Gasteiger partial charge in [-0.3, -0.25) is 9.36 Å². The van der Waals surface area contributed by atoms with Gasteiger partial charge < -0.3 is 10.2 Å². The van der Waals surface area contributed by atoms with Gasteiger partial charge in [0.2, 0.25) is 0 Å². The average molecular weight is 361 g/mol. The lowest BCUT2D eigenvalue weighted by atomic mass is 10.1. The maximum Gasteiger partial charge on any atom is 0.261 e. The first-order valence-corrected chi connectivity index (χ1v) is 8.85. The molecular weight excluding hydrogens is 342 g/mol. The summed E-state index contributed by atoms with van der Waals surface area (Å²) >= 11 is 0. The highest BCUT2D eigenvalue weighted by atomic mass is 16.5. The van der Waals surface area contributed by atoms with Crippen LogP contribution in [0.25, 0.3) is 10.9 Å². The number of fused-ring (bicyclic) bond motifs is 2. The monoisotopic (exact) mass is 361 g/mol. The molecule has 1 aliphatic rings. The first-order valence-electron chi connectivity index (χ1n) is 8.85. The summed E-state index contributed by atoms with van der Waals surface area (Å²) in [7, 11) is 0. The van der Waals surface area contributed by atoms with Crippen molar-refractivity contribution in [3.05, 3.63) is 69.5 Å². The standard InChI is InChI=1S/C21H19N3O3/c1-14-3-2-4-16(22-14)7-5-15-6-8-17-18(13-15)23-19-9-10-21(26,27)11-12-24(19)20(17)25/h2-4,6,8,13,26-27H,9-12H2,1H3. The Kier molecular flexibility index (Phi) is 4.27. The second kappa shape index (κ2) is 6.62. The van der Waals surface area contributed by atoms with Crippen LogP contribution < -0.4 is 5.56 Å². The van der Waals surface area contributed by atoms with Gasteiger partial charge in [0.25, 0.3) is 5.56 Å². The molecule has 2 aromatic heterocycles. The van der Waals surface area contributed by atoms with Crippen LogP contribution in [0.15, 0.2) is 41.2 Å². The van der Waals surface area contributed by atoms with Gasteiger partial charge >= 0.3 is 0 Å². The van der Waals surface area contributed by atoms with Crippen LogP contribution in [0.4, 0.5) is 0 Å². The SMILES string of the molecule is Cc1cccc(C#Cc2ccc3c(=O)n4c(nc3c2)CCC(O)(O)CC4)n1. The Balaban J connectivity index is 1.75. The van der Waals surface area contributed by atoms with E-state index in [-0.39, 0.29) is 24.9 Å². The highest BCUT2D eigenvalue weighted by Gasteiger charge is 2.28. The number of aryl methyl sites for hydroxylation is 2. The highest BCUT2D eigenvalue weighted by Crippen LogP contribution is 2.21. The molecule has 0 spiro atoms. The quantitative estimate of drug-likeness (QED) is 0.468. The fourth-order valence-corrected chi connectivity index (χ4v) is 3.24. The summed E-state index contributed by atoms with van der Waals surface area (Å²) in [5, 5.41) is 20.3. The minimum atomic E-state index is -1.76. The highest BCUT2D eigenvalue weighted by molar-refractivity contribution is 5.79. The molecule has 0 atom stereocenters. The van der Waals surface area contributed by atoms with Gasteiger partial charge in [0.1, 0.15) is 11.5 Å². The molecule has 0 bridgehead atoms. The Morgan fingerprint density at radius 1 is 1.11 bits per heavy atom. The van der Waals surface area contributed by atoms with Crippen LogP contribution >= 0.6 is 0 Å². The topological polar surface area (TPSA) is 88.2 Å². The molecule has 1 aliphatic heterocycles. The van der Waals surface area contributed by atoms with Crippen molar-refractivity contribution in [2.45, 2.75) is 38.5 Å². The van der Waals surface area contributed by atoms with Crippen LogP contribution in [0.1, 0.15) is 35.6 Å². The number of rotatable bonds is 0. The van der Waals surface area contributed by atoms with Gasteiger partial charge in [-0.2, -0.15) is 0 Å². The predicted molar refractivity (Wildman–Crippen MR) is 101 cm³/mol. The minimum Gasteiger partial charge on any atom is -0.366 e. The maximum absolute atomic E-state index is 12.8. The second-order valence-corrected chi connectivity index (χ2v) is 6.86. The summed E-state index contributed by atoms with van der Waals surface area (Å²) in [4.78, 5) is 21.7. The van der Waals surface area contributed by atoms with E-state index in [2.05, 4.69) is 21.8 Å². The third-order valence-corrected chi connectivity index (χ3v) is 4.74. The van der Waals surface area contributed by atoms with Crippen molar-refractivity contribution in [3.63, 3.8) is 0 Å². The lowest BCUT2D eigenvalue weighted by Gasteiger charge is -2.17. The number of aliphatic hydroxyl groups is 2. The van der Waals surface area contributed by atoms with Crippen LogP contribution in [0.2, 0.25) is 0 Å². The summed E-state index contributed by atoms with van der Waals surface area (Å²) < 4.78 is 1.54. The van der Waals surface area contributed by atoms with Crippen molar-refractivity contribution in [2.24, 2.45) is 0 Å². The molecule has 6 nitrogen and oxygen atoms in total. The zero-order valence-electron chi connectivity index (χ0n) is 14.9. The Bertz CT molecular complexity index is 1150. The van der Waals surface area contributed by atoms with E-state index in [4.69, 9.17) is 0 Å². The summed E-state index contributed by atoms with van der Waals surface area (Å²) in [6.07, 6.45) is 0.602. The van der Waals surface area contributed by atoms with Crippen molar-refractivity contribution < 1.29 is 10.2 Å². The Morgan fingerprint density at radius 3 is 2.78 bits per heavy atom. The normalized spacial score (nSPS) is 15.5. The number of pyridine rings is 1. The van der Waals surface area contributed by atoms with Gasteiger partial charge in [0, 0.05) is 37.1 Å². The fourth-order valence-electron chi connectivity index (χ4n) is 3.24. The van der Waals surface area contributed by atoms with Gasteiger partial charge in [-0.05, 0) is 43.2 Å². The van der Waals surface area contributed by atoms with Crippen LogP contribution in [0.3, 0.4) is 0 Å². The first kappa shape index (κ1) is 17.4. The zero-order chi connectivity index (χ0) is 19.0. The molecule has 0 saturated heterocycles. The number of aromatic nitrogens is 3. The molecule has 0 aliphatic carbocycles. The fraction of sp³-hybridized carbons (Fsp3) is 0.286. The van der Waals surface area contributed by atoms with E-state index in [9.17, 15) is 15.0 Å². The first-order chi connectivity index (χ1) is 12.9. The molecule has 1 aromatic carbocycles. The average Bonchev–Trinajstić information content (AvgIpc) is 2.79. The smallest absolute Gasteiger partial charge is 0.261 e. The summed E-state index contributed by atoms with van der Waals surface area (Å²) in [5.41, 5.74) is 2.75. The van der Waals surface area contributed by atoms with Crippen LogP contribution in [-0.4, -0.2) is 30.5 Å². The van der Waals surface area contributed by atoms with Crippen molar-refractivity contribution in [1.82, 2.24) is 14.5 Å². The van der Waals surface area contributed by atoms with Crippen molar-refractivity contribution >= 4 is 10.9 Å². The van der Waals surface area contributed by atoms with Crippen LogP contribution in [-0.2, 0) is 13.0 Å². The van der Waals surface area contributed by atoms with E-state index in [0.29, 0.717) is 28.8 Å². The van der Waals surface area contributed by atoms with Gasteiger partial charge in [0.05, 0.1) is 10.9 Å². The summed E-state index contributed by atoms with van der Waals surface area (Å²) in [6, 6.07) is 11.0. The third kappa shape index (κ3) is 3.61. The number of hydrogen-bond acceptors (Lipinski definition) is 5. The van der Waals surface area contributed by atoms with E-state index in [0.717, 1.165) is 11.3 Å². The molecule has 136 valence electrons. The van der Waals surface area contributed by atoms with Crippen LogP contribution in [0.5, 0.6) is 0 Å². The molecule has 0 unspecified atom stereocenters. The van der Waals surface area contributed by atoms with Gasteiger partial charge in [0.15, 0.2) is 5.79 Å². The van der Waals surface area contributed by atoms with Gasteiger partial charge in [-0.1, -0.05) is 12.0 Å². The molecule has 6 heteroatoms. The molecule has 0 saturated carbocycles. The molecule has 3 aromatic rings. The Morgan fingerprint density at radius 2 is 1.96 bits per heavy atom. The zero-order valence-corrected chi connectivity index (χ0v) is 14.9. The lowest BCUT2D eigenvalue weighted by molar-refractivity contribution is -0.169. The van der Waals surface area contributed by atoms with Gasteiger partial charge in [-0.15, -0.1) is 0 Å². The molecule has 27 heavy (non-hydrogen) atoms. The van der Waals surface area contributed by atoms with Crippen molar-refractivity contribution in [1.29, 1.82) is 0 Å². The summed E-state index contributed by atoms with van der Waals surface area (Å²) in [5.74, 6) is 4.90. The number of hydrogen-bond donors (Lipinski definition) is 2.